The fraction of sp³-hybridized carbons (Fsp3) is 0.625. The zero-order valence-corrected chi connectivity index (χ0v) is 13.9. The molecule has 0 saturated carbocycles. The quantitative estimate of drug-likeness (QED) is 0.761. The van der Waals surface area contributed by atoms with Gasteiger partial charge in [0, 0.05) is 35.5 Å². The Labute approximate surface area is 125 Å². The first-order valence-electron chi connectivity index (χ1n) is 7.22. The van der Waals surface area contributed by atoms with E-state index in [1.165, 1.54) is 16.7 Å². The summed E-state index contributed by atoms with van der Waals surface area (Å²) in [5, 5.41) is 3.51. The topological polar surface area (TPSA) is 38.3 Å². The molecule has 0 aliphatic heterocycles. The maximum Gasteiger partial charge on any atom is 0.0577 e. The zero-order valence-electron chi connectivity index (χ0n) is 13.1. The molecule has 0 fully saturated rings. The molecule has 3 nitrogen and oxygen atoms in total. The van der Waals surface area contributed by atoms with Crippen LogP contribution in [-0.2, 0) is 15.5 Å². The van der Waals surface area contributed by atoms with Crippen LogP contribution in [0.15, 0.2) is 18.2 Å². The molecule has 0 amide bonds. The molecule has 1 N–H and O–H groups in total. The molecule has 0 aliphatic carbocycles. The minimum atomic E-state index is -0.855. The molecule has 114 valence electrons. The Morgan fingerprint density at radius 1 is 1.25 bits per heavy atom. The van der Waals surface area contributed by atoms with E-state index in [4.69, 9.17) is 4.74 Å². The summed E-state index contributed by atoms with van der Waals surface area (Å²) < 4.78 is 17.1. The largest absolute Gasteiger partial charge is 0.384 e. The van der Waals surface area contributed by atoms with Crippen molar-refractivity contribution in [2.45, 2.75) is 33.2 Å². The summed E-state index contributed by atoms with van der Waals surface area (Å²) in [5.74, 6) is 1.25. The predicted molar refractivity (Wildman–Crippen MR) is 86.7 cm³/mol. The van der Waals surface area contributed by atoms with Gasteiger partial charge in [-0.2, -0.15) is 0 Å². The van der Waals surface area contributed by atoms with Gasteiger partial charge in [-0.25, -0.2) is 0 Å². The van der Waals surface area contributed by atoms with Crippen molar-refractivity contribution in [2.24, 2.45) is 0 Å². The monoisotopic (exact) mass is 297 g/mol. The van der Waals surface area contributed by atoms with Gasteiger partial charge in [0.25, 0.3) is 0 Å². The lowest BCUT2D eigenvalue weighted by atomic mass is 10.0. The normalized spacial score (nSPS) is 14.2. The summed E-state index contributed by atoms with van der Waals surface area (Å²) in [4.78, 5) is 0. The number of rotatable bonds is 9. The first-order chi connectivity index (χ1) is 9.56. The molecule has 1 aromatic carbocycles. The second-order valence-corrected chi connectivity index (χ2v) is 6.85. The van der Waals surface area contributed by atoms with E-state index >= 15 is 0 Å². The van der Waals surface area contributed by atoms with E-state index in [9.17, 15) is 4.21 Å². The molecule has 0 saturated heterocycles. The molecule has 2 unspecified atom stereocenters. The van der Waals surface area contributed by atoms with Crippen molar-refractivity contribution in [1.82, 2.24) is 5.32 Å². The van der Waals surface area contributed by atoms with E-state index in [2.05, 4.69) is 44.3 Å². The molecule has 2 atom stereocenters. The third-order valence-electron chi connectivity index (χ3n) is 3.15. The Bertz CT molecular complexity index is 414. The van der Waals surface area contributed by atoms with E-state index in [1.807, 2.05) is 0 Å². The van der Waals surface area contributed by atoms with Gasteiger partial charge in [-0.1, -0.05) is 36.2 Å². The van der Waals surface area contributed by atoms with Crippen molar-refractivity contribution >= 4 is 10.8 Å². The van der Waals surface area contributed by atoms with Crippen LogP contribution in [0.4, 0.5) is 0 Å². The summed E-state index contributed by atoms with van der Waals surface area (Å²) >= 11 is 0. The Balaban J connectivity index is 2.79. The number of aryl methyl sites for hydroxylation is 2. The molecule has 0 spiro atoms. The van der Waals surface area contributed by atoms with Gasteiger partial charge in [-0.05, 0) is 32.4 Å². The van der Waals surface area contributed by atoms with Gasteiger partial charge < -0.3 is 10.1 Å². The highest BCUT2D eigenvalue weighted by molar-refractivity contribution is 7.85. The first kappa shape index (κ1) is 17.3. The number of ether oxygens (including phenoxy) is 1. The van der Waals surface area contributed by atoms with E-state index < -0.39 is 10.8 Å². The summed E-state index contributed by atoms with van der Waals surface area (Å²) in [6, 6.07) is 6.70. The lowest BCUT2D eigenvalue weighted by Crippen LogP contribution is -2.28. The van der Waals surface area contributed by atoms with Gasteiger partial charge in [-0.3, -0.25) is 4.21 Å². The van der Waals surface area contributed by atoms with Crippen LogP contribution in [0.25, 0.3) is 0 Å². The number of hydrogen-bond acceptors (Lipinski definition) is 3. The third kappa shape index (κ3) is 6.16. The molecule has 4 heteroatoms. The Hall–Kier alpha value is -0.710. The van der Waals surface area contributed by atoms with Gasteiger partial charge in [0.1, 0.15) is 0 Å². The second-order valence-electron chi connectivity index (χ2n) is 5.23. The third-order valence-corrected chi connectivity index (χ3v) is 4.48. The summed E-state index contributed by atoms with van der Waals surface area (Å²) in [6.45, 7) is 7.86. The lowest BCUT2D eigenvalue weighted by molar-refractivity contribution is 0.218. The van der Waals surface area contributed by atoms with Crippen LogP contribution in [0.1, 0.15) is 36.1 Å². The maximum absolute atomic E-state index is 12.1. The number of hydrogen-bond donors (Lipinski definition) is 1. The Morgan fingerprint density at radius 3 is 2.45 bits per heavy atom. The highest BCUT2D eigenvalue weighted by atomic mass is 32.2. The highest BCUT2D eigenvalue weighted by Crippen LogP contribution is 2.18. The molecular formula is C16H27NO2S. The minimum Gasteiger partial charge on any atom is -0.384 e. The lowest BCUT2D eigenvalue weighted by Gasteiger charge is -2.20. The SMILES string of the molecule is CCCNC(CS(=O)CCOC)c1cc(C)cc(C)c1. The second kappa shape index (κ2) is 9.27. The standard InChI is InChI=1S/C16H27NO2S/c1-5-6-17-16(12-20(18)8-7-19-4)15-10-13(2)9-14(3)11-15/h9-11,16-17H,5-8,12H2,1-4H3. The molecule has 1 rings (SSSR count). The van der Waals surface area contributed by atoms with Crippen LogP contribution in [0, 0.1) is 13.8 Å². The zero-order chi connectivity index (χ0) is 15.0. The van der Waals surface area contributed by atoms with Gasteiger partial charge in [0.05, 0.1) is 6.61 Å². The number of methoxy groups -OCH3 is 1. The van der Waals surface area contributed by atoms with Crippen LogP contribution >= 0.6 is 0 Å². The van der Waals surface area contributed by atoms with Crippen LogP contribution < -0.4 is 5.32 Å². The van der Waals surface area contributed by atoms with Crippen molar-refractivity contribution in [3.63, 3.8) is 0 Å². The smallest absolute Gasteiger partial charge is 0.0577 e. The van der Waals surface area contributed by atoms with Gasteiger partial charge in [0.2, 0.25) is 0 Å². The average molecular weight is 297 g/mol. The summed E-state index contributed by atoms with van der Waals surface area (Å²) in [6.07, 6.45) is 1.08. The molecule has 1 aromatic rings. The van der Waals surface area contributed by atoms with Crippen LogP contribution in [0.2, 0.25) is 0 Å². The molecule has 0 heterocycles. The average Bonchev–Trinajstić information content (AvgIpc) is 2.40. The van der Waals surface area contributed by atoms with Crippen molar-refractivity contribution in [2.75, 3.05) is 31.8 Å². The fourth-order valence-electron chi connectivity index (χ4n) is 2.25. The van der Waals surface area contributed by atoms with Crippen molar-refractivity contribution in [3.8, 4) is 0 Å². The van der Waals surface area contributed by atoms with E-state index in [1.54, 1.807) is 7.11 Å². The van der Waals surface area contributed by atoms with Crippen molar-refractivity contribution in [3.05, 3.63) is 34.9 Å². The van der Waals surface area contributed by atoms with E-state index in [0.717, 1.165) is 13.0 Å². The minimum absolute atomic E-state index is 0.159. The van der Waals surface area contributed by atoms with Crippen LogP contribution in [0.3, 0.4) is 0 Å². The molecule has 20 heavy (non-hydrogen) atoms. The van der Waals surface area contributed by atoms with E-state index in [0.29, 0.717) is 18.1 Å². The van der Waals surface area contributed by atoms with E-state index in [-0.39, 0.29) is 6.04 Å². The van der Waals surface area contributed by atoms with Crippen molar-refractivity contribution in [1.29, 1.82) is 0 Å². The number of benzene rings is 1. The summed E-state index contributed by atoms with van der Waals surface area (Å²) in [7, 11) is 0.792. The number of nitrogens with one attached hydrogen (secondary N) is 1. The van der Waals surface area contributed by atoms with Crippen LogP contribution in [-0.4, -0.2) is 36.0 Å². The summed E-state index contributed by atoms with van der Waals surface area (Å²) in [5.41, 5.74) is 3.75. The van der Waals surface area contributed by atoms with Crippen LogP contribution in [0.5, 0.6) is 0 Å². The Kier molecular flexibility index (Phi) is 8.04. The van der Waals surface area contributed by atoms with Gasteiger partial charge in [-0.15, -0.1) is 0 Å². The van der Waals surface area contributed by atoms with Gasteiger partial charge >= 0.3 is 0 Å². The Morgan fingerprint density at radius 2 is 1.90 bits per heavy atom. The maximum atomic E-state index is 12.1. The van der Waals surface area contributed by atoms with Crippen molar-refractivity contribution < 1.29 is 8.95 Å². The molecular weight excluding hydrogens is 270 g/mol. The fourth-order valence-corrected chi connectivity index (χ4v) is 3.45. The first-order valence-corrected chi connectivity index (χ1v) is 8.71. The molecule has 0 radical (unpaired) electrons. The molecule has 0 aliphatic rings. The van der Waals surface area contributed by atoms with Gasteiger partial charge in [0.15, 0.2) is 0 Å². The molecule has 0 aromatic heterocycles. The predicted octanol–water partition coefficient (Wildman–Crippen LogP) is 2.74. The highest BCUT2D eigenvalue weighted by Gasteiger charge is 2.15. The molecule has 0 bridgehead atoms.